The number of rotatable bonds is 10. The van der Waals surface area contributed by atoms with Crippen molar-refractivity contribution in [3.63, 3.8) is 0 Å². The van der Waals surface area contributed by atoms with Crippen LogP contribution in [0.2, 0.25) is 0 Å². The zero-order valence-electron chi connectivity index (χ0n) is 16.0. The van der Waals surface area contributed by atoms with Crippen LogP contribution in [-0.2, 0) is 0 Å². The van der Waals surface area contributed by atoms with E-state index in [4.69, 9.17) is 0 Å². The van der Waals surface area contributed by atoms with Crippen molar-refractivity contribution in [1.82, 2.24) is 9.97 Å². The number of hydrogen-bond donors (Lipinski definition) is 2. The topological polar surface area (TPSA) is 70.2 Å². The quantitative estimate of drug-likeness (QED) is 0.626. The van der Waals surface area contributed by atoms with Gasteiger partial charge in [-0.25, -0.2) is 9.97 Å². The van der Waals surface area contributed by atoms with Crippen LogP contribution in [0.1, 0.15) is 50.4 Å². The van der Waals surface area contributed by atoms with Gasteiger partial charge < -0.3 is 15.5 Å². The van der Waals surface area contributed by atoms with Crippen LogP contribution in [0.25, 0.3) is 0 Å². The molecule has 1 heterocycles. The van der Waals surface area contributed by atoms with Crippen molar-refractivity contribution in [1.29, 1.82) is 0 Å². The number of benzene rings is 1. The minimum Gasteiger partial charge on any atom is -0.372 e. The molecule has 2 aromatic rings. The Balaban J connectivity index is 1.90. The SMILES string of the molecule is CCCCCNc1ncc(C(=O)Nc2ccc(N(CC)CC)cc2)cn1. The molecule has 0 bridgehead atoms. The fourth-order valence-corrected chi connectivity index (χ4v) is 2.66. The summed E-state index contributed by atoms with van der Waals surface area (Å²) in [6, 6.07) is 7.86. The van der Waals surface area contributed by atoms with E-state index < -0.39 is 0 Å². The van der Waals surface area contributed by atoms with Crippen LogP contribution in [0.15, 0.2) is 36.7 Å². The second-order valence-corrected chi connectivity index (χ2v) is 6.10. The molecule has 0 aliphatic rings. The molecule has 2 N–H and O–H groups in total. The average molecular weight is 355 g/mol. The lowest BCUT2D eigenvalue weighted by atomic mass is 10.2. The molecule has 0 aliphatic heterocycles. The van der Waals surface area contributed by atoms with Gasteiger partial charge in [-0.2, -0.15) is 0 Å². The normalized spacial score (nSPS) is 10.4. The maximum absolute atomic E-state index is 12.3. The van der Waals surface area contributed by atoms with Crippen LogP contribution in [-0.4, -0.2) is 35.5 Å². The molecule has 0 fully saturated rings. The summed E-state index contributed by atoms with van der Waals surface area (Å²) < 4.78 is 0. The van der Waals surface area contributed by atoms with Gasteiger partial charge in [0.1, 0.15) is 0 Å². The molecule has 1 amide bonds. The number of unbranched alkanes of at least 4 members (excludes halogenated alkanes) is 2. The smallest absolute Gasteiger partial charge is 0.258 e. The third-order valence-electron chi connectivity index (χ3n) is 4.23. The highest BCUT2D eigenvalue weighted by atomic mass is 16.1. The van der Waals surface area contributed by atoms with Crippen molar-refractivity contribution in [3.8, 4) is 0 Å². The fraction of sp³-hybridized carbons (Fsp3) is 0.450. The number of nitrogens with one attached hydrogen (secondary N) is 2. The van der Waals surface area contributed by atoms with Gasteiger partial charge in [-0.05, 0) is 44.5 Å². The monoisotopic (exact) mass is 355 g/mol. The average Bonchev–Trinajstić information content (AvgIpc) is 2.68. The minimum absolute atomic E-state index is 0.210. The Morgan fingerprint density at radius 3 is 2.23 bits per heavy atom. The van der Waals surface area contributed by atoms with Crippen LogP contribution in [0.4, 0.5) is 17.3 Å². The highest BCUT2D eigenvalue weighted by molar-refractivity contribution is 6.03. The van der Waals surface area contributed by atoms with E-state index >= 15 is 0 Å². The number of anilines is 3. The first-order valence-corrected chi connectivity index (χ1v) is 9.40. The predicted octanol–water partition coefficient (Wildman–Crippen LogP) is 4.18. The first-order valence-electron chi connectivity index (χ1n) is 9.40. The van der Waals surface area contributed by atoms with Gasteiger partial charge in [0.15, 0.2) is 0 Å². The fourth-order valence-electron chi connectivity index (χ4n) is 2.66. The van der Waals surface area contributed by atoms with E-state index in [2.05, 4.69) is 46.3 Å². The number of hydrogen-bond acceptors (Lipinski definition) is 5. The molecule has 0 saturated heterocycles. The zero-order chi connectivity index (χ0) is 18.8. The third-order valence-corrected chi connectivity index (χ3v) is 4.23. The Bertz CT molecular complexity index is 666. The van der Waals surface area contributed by atoms with Gasteiger partial charge in [0.05, 0.1) is 5.56 Å². The van der Waals surface area contributed by atoms with Crippen molar-refractivity contribution in [2.24, 2.45) is 0 Å². The van der Waals surface area contributed by atoms with Gasteiger partial charge in [-0.3, -0.25) is 4.79 Å². The van der Waals surface area contributed by atoms with E-state index in [1.165, 1.54) is 12.8 Å². The number of carbonyl (C=O) groups is 1. The molecule has 140 valence electrons. The molecule has 6 heteroatoms. The Morgan fingerprint density at radius 2 is 1.65 bits per heavy atom. The molecule has 1 aromatic carbocycles. The van der Waals surface area contributed by atoms with Crippen molar-refractivity contribution in [3.05, 3.63) is 42.2 Å². The van der Waals surface area contributed by atoms with Crippen molar-refractivity contribution in [2.75, 3.05) is 35.2 Å². The first-order chi connectivity index (χ1) is 12.7. The predicted molar refractivity (Wildman–Crippen MR) is 108 cm³/mol. The van der Waals surface area contributed by atoms with Gasteiger partial charge in [0, 0.05) is 43.4 Å². The summed E-state index contributed by atoms with van der Waals surface area (Å²) in [4.78, 5) is 23.0. The van der Waals surface area contributed by atoms with Gasteiger partial charge in [-0.1, -0.05) is 19.8 Å². The maximum atomic E-state index is 12.3. The van der Waals surface area contributed by atoms with Crippen LogP contribution in [0.3, 0.4) is 0 Å². The van der Waals surface area contributed by atoms with Crippen LogP contribution < -0.4 is 15.5 Å². The van der Waals surface area contributed by atoms with Crippen LogP contribution >= 0.6 is 0 Å². The molecule has 0 radical (unpaired) electrons. The van der Waals surface area contributed by atoms with Crippen molar-refractivity contribution < 1.29 is 4.79 Å². The highest BCUT2D eigenvalue weighted by Crippen LogP contribution is 2.18. The van der Waals surface area contributed by atoms with E-state index in [0.29, 0.717) is 11.5 Å². The standard InChI is InChI=1S/C20H29N5O/c1-4-7-8-13-21-20-22-14-16(15-23-20)19(26)24-17-9-11-18(12-10-17)25(5-2)6-3/h9-12,14-15H,4-8,13H2,1-3H3,(H,24,26)(H,21,22,23). The minimum atomic E-state index is -0.210. The van der Waals surface area contributed by atoms with E-state index in [-0.39, 0.29) is 5.91 Å². The summed E-state index contributed by atoms with van der Waals surface area (Å²) in [7, 11) is 0. The molecule has 0 spiro atoms. The van der Waals surface area contributed by atoms with Crippen molar-refractivity contribution in [2.45, 2.75) is 40.0 Å². The van der Waals surface area contributed by atoms with Crippen LogP contribution in [0.5, 0.6) is 0 Å². The number of carbonyl (C=O) groups excluding carboxylic acids is 1. The largest absolute Gasteiger partial charge is 0.372 e. The summed E-state index contributed by atoms with van der Waals surface area (Å²) >= 11 is 0. The molecule has 0 aliphatic carbocycles. The van der Waals surface area contributed by atoms with Gasteiger partial charge in [-0.15, -0.1) is 0 Å². The summed E-state index contributed by atoms with van der Waals surface area (Å²) in [5.41, 5.74) is 2.35. The molecular weight excluding hydrogens is 326 g/mol. The Hall–Kier alpha value is -2.63. The second kappa shape index (κ2) is 10.4. The Kier molecular flexibility index (Phi) is 7.86. The third kappa shape index (κ3) is 5.72. The van der Waals surface area contributed by atoms with Gasteiger partial charge in [0.25, 0.3) is 5.91 Å². The maximum Gasteiger partial charge on any atom is 0.258 e. The number of nitrogens with zero attached hydrogens (tertiary/aromatic N) is 3. The second-order valence-electron chi connectivity index (χ2n) is 6.10. The first kappa shape index (κ1) is 19.7. The highest BCUT2D eigenvalue weighted by Gasteiger charge is 2.08. The van der Waals surface area contributed by atoms with Gasteiger partial charge >= 0.3 is 0 Å². The lowest BCUT2D eigenvalue weighted by molar-refractivity contribution is 0.102. The lowest BCUT2D eigenvalue weighted by Crippen LogP contribution is -2.21. The summed E-state index contributed by atoms with van der Waals surface area (Å²) in [6.45, 7) is 9.18. The summed E-state index contributed by atoms with van der Waals surface area (Å²) in [5.74, 6) is 0.347. The molecule has 2 rings (SSSR count). The Morgan fingerprint density at radius 1 is 1.00 bits per heavy atom. The summed E-state index contributed by atoms with van der Waals surface area (Å²) in [5, 5.41) is 6.05. The van der Waals surface area contributed by atoms with E-state index in [1.54, 1.807) is 12.4 Å². The number of amides is 1. The van der Waals surface area contributed by atoms with Crippen molar-refractivity contribution >= 4 is 23.2 Å². The molecule has 0 unspecified atom stereocenters. The Labute approximate surface area is 156 Å². The molecule has 1 aromatic heterocycles. The zero-order valence-corrected chi connectivity index (χ0v) is 16.0. The lowest BCUT2D eigenvalue weighted by Gasteiger charge is -2.21. The molecule has 6 nitrogen and oxygen atoms in total. The molecule has 0 saturated carbocycles. The molecular formula is C20H29N5O. The van der Waals surface area contributed by atoms with Gasteiger partial charge in [0.2, 0.25) is 5.95 Å². The molecule has 26 heavy (non-hydrogen) atoms. The summed E-state index contributed by atoms with van der Waals surface area (Å²) in [6.07, 6.45) is 6.55. The van der Waals surface area contributed by atoms with E-state index in [0.717, 1.165) is 37.4 Å². The van der Waals surface area contributed by atoms with E-state index in [1.807, 2.05) is 24.3 Å². The van der Waals surface area contributed by atoms with E-state index in [9.17, 15) is 4.79 Å². The van der Waals surface area contributed by atoms with Crippen LogP contribution in [0, 0.1) is 0 Å². The molecule has 0 atom stereocenters. The number of aromatic nitrogens is 2.